The summed E-state index contributed by atoms with van der Waals surface area (Å²) < 4.78 is 5.22. The normalized spacial score (nSPS) is 17.6. The molecule has 0 radical (unpaired) electrons. The molecule has 174 valence electrons. The number of carbonyl (C=O) groups excluding carboxylic acids is 3. The van der Waals surface area contributed by atoms with Crippen LogP contribution in [0.4, 0.5) is 0 Å². The van der Waals surface area contributed by atoms with E-state index in [0.717, 1.165) is 18.7 Å². The van der Waals surface area contributed by atoms with E-state index < -0.39 is 23.7 Å². The molecule has 1 heterocycles. The van der Waals surface area contributed by atoms with Crippen LogP contribution in [0.3, 0.4) is 0 Å². The lowest BCUT2D eigenvalue weighted by Gasteiger charge is -2.28. The fraction of sp³-hybridized carbons (Fsp3) is 0.346. The van der Waals surface area contributed by atoms with Gasteiger partial charge >= 0.3 is 5.97 Å². The molecule has 7 heteroatoms. The number of Topliss-reactive ketones (excluding diaryl/α,β-unsaturated/α-hetero) is 1. The third-order valence-corrected chi connectivity index (χ3v) is 5.85. The predicted octanol–water partition coefficient (Wildman–Crippen LogP) is 3.68. The van der Waals surface area contributed by atoms with Crippen LogP contribution in [0, 0.1) is 6.92 Å². The largest absolute Gasteiger partial charge is 0.507 e. The first kappa shape index (κ1) is 24.2. The average molecular weight is 451 g/mol. The SMILES string of the molecule is CCN(CC)CCN1C(=O)C(=O)/C(=C(\O)c2ccc(C)cc2)C1c1cccc(OC(C)=O)c1. The van der Waals surface area contributed by atoms with E-state index in [0.29, 0.717) is 30.0 Å². The molecule has 0 bridgehead atoms. The Kier molecular flexibility index (Phi) is 7.66. The topological polar surface area (TPSA) is 87.2 Å². The van der Waals surface area contributed by atoms with Gasteiger partial charge in [-0.3, -0.25) is 14.4 Å². The van der Waals surface area contributed by atoms with Gasteiger partial charge in [0.2, 0.25) is 0 Å². The highest BCUT2D eigenvalue weighted by atomic mass is 16.5. The van der Waals surface area contributed by atoms with Gasteiger partial charge in [-0.05, 0) is 37.7 Å². The van der Waals surface area contributed by atoms with Gasteiger partial charge in [-0.15, -0.1) is 0 Å². The molecule has 1 amide bonds. The van der Waals surface area contributed by atoms with Crippen molar-refractivity contribution in [3.05, 3.63) is 70.8 Å². The number of ketones is 1. The molecule has 1 saturated heterocycles. The first-order valence-corrected chi connectivity index (χ1v) is 11.1. The monoisotopic (exact) mass is 450 g/mol. The van der Waals surface area contributed by atoms with Crippen molar-refractivity contribution in [3.63, 3.8) is 0 Å². The lowest BCUT2D eigenvalue weighted by molar-refractivity contribution is -0.140. The van der Waals surface area contributed by atoms with E-state index in [1.54, 1.807) is 36.4 Å². The first-order valence-electron chi connectivity index (χ1n) is 11.1. The smallest absolute Gasteiger partial charge is 0.308 e. The Morgan fingerprint density at radius 1 is 1.09 bits per heavy atom. The zero-order valence-electron chi connectivity index (χ0n) is 19.5. The van der Waals surface area contributed by atoms with Crippen molar-refractivity contribution in [2.24, 2.45) is 0 Å². The zero-order chi connectivity index (χ0) is 24.1. The highest BCUT2D eigenvalue weighted by Gasteiger charge is 2.46. The van der Waals surface area contributed by atoms with Gasteiger partial charge in [0.15, 0.2) is 0 Å². The first-order chi connectivity index (χ1) is 15.8. The maximum atomic E-state index is 13.1. The second-order valence-corrected chi connectivity index (χ2v) is 8.05. The van der Waals surface area contributed by atoms with Crippen LogP contribution < -0.4 is 4.74 Å². The number of rotatable bonds is 8. The van der Waals surface area contributed by atoms with Crippen molar-refractivity contribution in [2.75, 3.05) is 26.2 Å². The maximum Gasteiger partial charge on any atom is 0.308 e. The van der Waals surface area contributed by atoms with Gasteiger partial charge in [-0.2, -0.15) is 0 Å². The van der Waals surface area contributed by atoms with Crippen LogP contribution >= 0.6 is 0 Å². The van der Waals surface area contributed by atoms with Crippen LogP contribution in [0.5, 0.6) is 5.75 Å². The van der Waals surface area contributed by atoms with Gasteiger partial charge in [0.05, 0.1) is 11.6 Å². The molecule has 1 aliphatic heterocycles. The molecular formula is C26H30N2O5. The number of hydrogen-bond acceptors (Lipinski definition) is 6. The van der Waals surface area contributed by atoms with Gasteiger partial charge < -0.3 is 19.6 Å². The van der Waals surface area contributed by atoms with E-state index in [4.69, 9.17) is 4.74 Å². The van der Waals surface area contributed by atoms with Crippen molar-refractivity contribution in [1.82, 2.24) is 9.80 Å². The predicted molar refractivity (Wildman–Crippen MR) is 126 cm³/mol. The molecule has 1 fully saturated rings. The number of likely N-dealkylation sites (N-methyl/N-ethyl adjacent to an activating group) is 1. The molecule has 0 saturated carbocycles. The highest BCUT2D eigenvalue weighted by Crippen LogP contribution is 2.40. The summed E-state index contributed by atoms with van der Waals surface area (Å²) in [7, 11) is 0. The average Bonchev–Trinajstić information content (AvgIpc) is 3.04. The number of hydrogen-bond donors (Lipinski definition) is 1. The number of ether oxygens (including phenoxy) is 1. The second-order valence-electron chi connectivity index (χ2n) is 8.05. The third-order valence-electron chi connectivity index (χ3n) is 5.85. The van der Waals surface area contributed by atoms with Crippen LogP contribution in [-0.4, -0.2) is 58.7 Å². The lowest BCUT2D eigenvalue weighted by atomic mass is 9.95. The number of esters is 1. The van der Waals surface area contributed by atoms with E-state index >= 15 is 0 Å². The molecule has 7 nitrogen and oxygen atoms in total. The molecule has 1 atom stereocenters. The standard InChI is InChI=1S/C26H30N2O5/c1-5-27(6-2)14-15-28-23(20-8-7-9-21(16-20)33-18(4)29)22(25(31)26(28)32)24(30)19-12-10-17(3)11-13-19/h7-13,16,23,30H,5-6,14-15H2,1-4H3/b24-22-. The molecule has 1 aliphatic rings. The quantitative estimate of drug-likeness (QED) is 0.217. The van der Waals surface area contributed by atoms with Crippen LogP contribution in [-0.2, 0) is 14.4 Å². The van der Waals surface area contributed by atoms with Gasteiger partial charge in [-0.1, -0.05) is 55.8 Å². The molecule has 2 aromatic rings. The van der Waals surface area contributed by atoms with Crippen molar-refractivity contribution in [3.8, 4) is 5.75 Å². The lowest BCUT2D eigenvalue weighted by Crippen LogP contribution is -2.38. The van der Waals surface area contributed by atoms with Crippen molar-refractivity contribution >= 4 is 23.4 Å². The summed E-state index contributed by atoms with van der Waals surface area (Å²) in [5.41, 5.74) is 2.09. The van der Waals surface area contributed by atoms with Gasteiger partial charge in [-0.25, -0.2) is 0 Å². The minimum atomic E-state index is -0.794. The number of aryl methyl sites for hydroxylation is 1. The van der Waals surface area contributed by atoms with E-state index in [-0.39, 0.29) is 11.3 Å². The van der Waals surface area contributed by atoms with E-state index in [9.17, 15) is 19.5 Å². The molecule has 1 unspecified atom stereocenters. The summed E-state index contributed by atoms with van der Waals surface area (Å²) in [5.74, 6) is -1.76. The second kappa shape index (κ2) is 10.4. The number of likely N-dealkylation sites (tertiary alicyclic amines) is 1. The molecular weight excluding hydrogens is 420 g/mol. The summed E-state index contributed by atoms with van der Waals surface area (Å²) in [6, 6.07) is 13.0. The highest BCUT2D eigenvalue weighted by molar-refractivity contribution is 6.46. The van der Waals surface area contributed by atoms with Gasteiger partial charge in [0, 0.05) is 25.6 Å². The number of benzene rings is 2. The Hall–Kier alpha value is -3.45. The number of nitrogens with zero attached hydrogens (tertiary/aromatic N) is 2. The summed E-state index contributed by atoms with van der Waals surface area (Å²) in [6.45, 7) is 9.84. The molecule has 0 spiro atoms. The summed E-state index contributed by atoms with van der Waals surface area (Å²) >= 11 is 0. The fourth-order valence-corrected chi connectivity index (χ4v) is 4.03. The minimum Gasteiger partial charge on any atom is -0.507 e. The van der Waals surface area contributed by atoms with Crippen molar-refractivity contribution in [2.45, 2.75) is 33.7 Å². The number of aliphatic hydroxyl groups excluding tert-OH is 1. The summed E-state index contributed by atoms with van der Waals surface area (Å²) in [4.78, 5) is 41.3. The minimum absolute atomic E-state index is 0.0309. The zero-order valence-corrected chi connectivity index (χ0v) is 19.5. The molecule has 33 heavy (non-hydrogen) atoms. The molecule has 0 aromatic heterocycles. The number of aliphatic hydroxyl groups is 1. The molecule has 0 aliphatic carbocycles. The van der Waals surface area contributed by atoms with Crippen LogP contribution in [0.1, 0.15) is 43.5 Å². The van der Waals surface area contributed by atoms with E-state index in [1.807, 2.05) is 32.9 Å². The van der Waals surface area contributed by atoms with Crippen LogP contribution in [0.25, 0.3) is 5.76 Å². The van der Waals surface area contributed by atoms with Gasteiger partial charge in [0.1, 0.15) is 11.5 Å². The van der Waals surface area contributed by atoms with Crippen molar-refractivity contribution in [1.29, 1.82) is 0 Å². The van der Waals surface area contributed by atoms with E-state index in [1.165, 1.54) is 11.8 Å². The molecule has 3 rings (SSSR count). The summed E-state index contributed by atoms with van der Waals surface area (Å²) in [6.07, 6.45) is 0. The van der Waals surface area contributed by atoms with Crippen molar-refractivity contribution < 1.29 is 24.2 Å². The Labute approximate surface area is 194 Å². The Balaban J connectivity index is 2.11. The van der Waals surface area contributed by atoms with E-state index in [2.05, 4.69) is 4.90 Å². The third kappa shape index (κ3) is 5.31. The molecule has 2 aromatic carbocycles. The van der Waals surface area contributed by atoms with Crippen LogP contribution in [0.15, 0.2) is 54.1 Å². The Morgan fingerprint density at radius 2 is 1.76 bits per heavy atom. The Morgan fingerprint density at radius 3 is 2.36 bits per heavy atom. The number of carbonyl (C=O) groups is 3. The Bertz CT molecular complexity index is 1070. The van der Waals surface area contributed by atoms with Crippen LogP contribution in [0.2, 0.25) is 0 Å². The summed E-state index contributed by atoms with van der Waals surface area (Å²) in [5, 5.41) is 11.1. The molecule has 1 N–H and O–H groups in total. The maximum absolute atomic E-state index is 13.1. The van der Waals surface area contributed by atoms with Gasteiger partial charge in [0.25, 0.3) is 11.7 Å². The fourth-order valence-electron chi connectivity index (χ4n) is 4.03. The number of amides is 1.